The Morgan fingerprint density at radius 2 is 1.84 bits per heavy atom. The summed E-state index contributed by atoms with van der Waals surface area (Å²) in [5, 5.41) is 0. The molecule has 0 bridgehead atoms. The average molecular weight is 437 g/mol. The Morgan fingerprint density at radius 3 is 2.53 bits per heavy atom. The summed E-state index contributed by atoms with van der Waals surface area (Å²) >= 11 is 0. The third-order valence-corrected chi connectivity index (χ3v) is 9.76. The quantitative estimate of drug-likeness (QED) is 0.324. The van der Waals surface area contributed by atoms with Crippen LogP contribution in [0.1, 0.15) is 87.0 Å². The van der Waals surface area contributed by atoms with E-state index in [9.17, 15) is 4.79 Å². The van der Waals surface area contributed by atoms with Gasteiger partial charge in [0.1, 0.15) is 6.10 Å². The molecule has 0 spiro atoms. The minimum atomic E-state index is -0.151. The molecule has 4 aliphatic carbocycles. The van der Waals surface area contributed by atoms with E-state index in [1.165, 1.54) is 31.8 Å². The first kappa shape index (κ1) is 23.6. The lowest BCUT2D eigenvalue weighted by Crippen LogP contribution is -2.41. The Hall–Kier alpha value is -1.57. The Labute approximate surface area is 196 Å². The smallest absolute Gasteiger partial charge is 0.302 e. The van der Waals surface area contributed by atoms with Gasteiger partial charge in [-0.2, -0.15) is 0 Å². The van der Waals surface area contributed by atoms with Crippen molar-refractivity contribution >= 4 is 5.97 Å². The largest absolute Gasteiger partial charge is 0.462 e. The van der Waals surface area contributed by atoms with E-state index in [0.717, 1.165) is 25.2 Å². The van der Waals surface area contributed by atoms with Gasteiger partial charge in [0.2, 0.25) is 0 Å². The van der Waals surface area contributed by atoms with Crippen LogP contribution in [0.2, 0.25) is 0 Å². The summed E-state index contributed by atoms with van der Waals surface area (Å²) in [6.45, 7) is 16.0. The predicted molar refractivity (Wildman–Crippen MR) is 133 cm³/mol. The van der Waals surface area contributed by atoms with Crippen LogP contribution in [0.5, 0.6) is 0 Å². The van der Waals surface area contributed by atoms with Gasteiger partial charge in [0.15, 0.2) is 0 Å². The van der Waals surface area contributed by atoms with E-state index in [1.54, 1.807) is 11.1 Å². The molecule has 4 rings (SSSR count). The zero-order valence-corrected chi connectivity index (χ0v) is 21.4. The van der Waals surface area contributed by atoms with Crippen molar-refractivity contribution in [3.63, 3.8) is 0 Å². The first-order valence-corrected chi connectivity index (χ1v) is 13.0. The van der Waals surface area contributed by atoms with Gasteiger partial charge < -0.3 is 4.74 Å². The summed E-state index contributed by atoms with van der Waals surface area (Å²) in [6, 6.07) is 0. The number of allylic oxidation sites excluding steroid dienone is 7. The van der Waals surface area contributed by atoms with Crippen molar-refractivity contribution in [2.75, 3.05) is 0 Å². The number of carbonyl (C=O) groups is 1. The van der Waals surface area contributed by atoms with Gasteiger partial charge in [0.05, 0.1) is 0 Å². The zero-order chi connectivity index (χ0) is 23.3. The molecule has 7 atom stereocenters. The third kappa shape index (κ3) is 3.97. The summed E-state index contributed by atoms with van der Waals surface area (Å²) in [7, 11) is 0. The molecule has 0 aliphatic heterocycles. The van der Waals surface area contributed by atoms with Crippen molar-refractivity contribution in [2.24, 2.45) is 40.4 Å². The number of ether oxygens (including phenoxy) is 1. The maximum atomic E-state index is 11.5. The fraction of sp³-hybridized carbons (Fsp3) is 0.700. The highest BCUT2D eigenvalue weighted by Crippen LogP contribution is 2.64. The fourth-order valence-corrected chi connectivity index (χ4v) is 7.28. The summed E-state index contributed by atoms with van der Waals surface area (Å²) in [4.78, 5) is 11.5. The Bertz CT molecular complexity index is 871. The summed E-state index contributed by atoms with van der Waals surface area (Å²) in [5.74, 6) is 3.25. The SMILES string of the molecule is CC(=O)OC1CCC2(C)C(=CC=C3C2=CCC2(C)C3CCC2C(C)C=CC(C)C(C)C)C1. The van der Waals surface area contributed by atoms with Gasteiger partial charge in [-0.25, -0.2) is 0 Å². The van der Waals surface area contributed by atoms with Gasteiger partial charge in [-0.3, -0.25) is 4.79 Å². The van der Waals surface area contributed by atoms with Crippen molar-refractivity contribution in [2.45, 2.75) is 93.1 Å². The summed E-state index contributed by atoms with van der Waals surface area (Å²) in [5.41, 5.74) is 5.15. The second kappa shape index (κ2) is 8.65. The molecule has 0 radical (unpaired) electrons. The van der Waals surface area contributed by atoms with Gasteiger partial charge in [-0.15, -0.1) is 0 Å². The van der Waals surface area contributed by atoms with Crippen LogP contribution >= 0.6 is 0 Å². The molecule has 2 heteroatoms. The Balaban J connectivity index is 1.57. The minimum absolute atomic E-state index is 0.0490. The van der Waals surface area contributed by atoms with E-state index >= 15 is 0 Å². The lowest BCUT2D eigenvalue weighted by atomic mass is 9.54. The number of esters is 1. The van der Waals surface area contributed by atoms with Crippen LogP contribution in [-0.2, 0) is 9.53 Å². The maximum Gasteiger partial charge on any atom is 0.302 e. The molecule has 0 saturated heterocycles. The first-order valence-electron chi connectivity index (χ1n) is 13.0. The van der Waals surface area contributed by atoms with Gasteiger partial charge in [-0.05, 0) is 78.3 Å². The van der Waals surface area contributed by atoms with E-state index in [2.05, 4.69) is 71.9 Å². The molecule has 0 aromatic heterocycles. The minimum Gasteiger partial charge on any atom is -0.462 e. The van der Waals surface area contributed by atoms with Crippen LogP contribution in [0, 0.1) is 40.4 Å². The lowest BCUT2D eigenvalue weighted by Gasteiger charge is -2.50. The number of fused-ring (bicyclic) bond motifs is 5. The van der Waals surface area contributed by atoms with Crippen molar-refractivity contribution in [1.82, 2.24) is 0 Å². The molecule has 0 heterocycles. The average Bonchev–Trinajstić information content (AvgIpc) is 3.08. The molecule has 4 aliphatic rings. The highest BCUT2D eigenvalue weighted by atomic mass is 16.5. The molecule has 2 saturated carbocycles. The third-order valence-electron chi connectivity index (χ3n) is 9.76. The Morgan fingerprint density at radius 1 is 1.09 bits per heavy atom. The zero-order valence-electron chi connectivity index (χ0n) is 21.4. The normalized spacial score (nSPS) is 38.2. The second-order valence-corrected chi connectivity index (χ2v) is 12.0. The van der Waals surface area contributed by atoms with Crippen LogP contribution < -0.4 is 0 Å². The maximum absolute atomic E-state index is 11.5. The van der Waals surface area contributed by atoms with Crippen LogP contribution in [0.15, 0.2) is 47.1 Å². The number of hydrogen-bond donors (Lipinski definition) is 0. The lowest BCUT2D eigenvalue weighted by molar-refractivity contribution is -0.147. The molecule has 2 nitrogen and oxygen atoms in total. The molecule has 0 aromatic rings. The van der Waals surface area contributed by atoms with Crippen LogP contribution in [0.4, 0.5) is 0 Å². The monoisotopic (exact) mass is 436 g/mol. The predicted octanol–water partition coefficient (Wildman–Crippen LogP) is 7.82. The first-order chi connectivity index (χ1) is 15.1. The molecular weight excluding hydrogens is 392 g/mol. The topological polar surface area (TPSA) is 26.3 Å². The summed E-state index contributed by atoms with van der Waals surface area (Å²) < 4.78 is 5.58. The highest BCUT2D eigenvalue weighted by Gasteiger charge is 2.54. The van der Waals surface area contributed by atoms with E-state index in [4.69, 9.17) is 4.74 Å². The molecular formula is C30H44O2. The molecule has 2 fully saturated rings. The number of rotatable bonds is 5. The van der Waals surface area contributed by atoms with Crippen molar-refractivity contribution in [1.29, 1.82) is 0 Å². The number of carbonyl (C=O) groups excluding carboxylic acids is 1. The molecule has 7 unspecified atom stereocenters. The van der Waals surface area contributed by atoms with Gasteiger partial charge in [0, 0.05) is 18.8 Å². The molecule has 0 aromatic carbocycles. The van der Waals surface area contributed by atoms with Crippen LogP contribution in [-0.4, -0.2) is 12.1 Å². The van der Waals surface area contributed by atoms with E-state index in [0.29, 0.717) is 29.1 Å². The molecule has 0 N–H and O–H groups in total. The van der Waals surface area contributed by atoms with Crippen LogP contribution in [0.3, 0.4) is 0 Å². The van der Waals surface area contributed by atoms with Gasteiger partial charge in [-0.1, -0.05) is 77.5 Å². The van der Waals surface area contributed by atoms with Gasteiger partial charge >= 0.3 is 5.97 Å². The van der Waals surface area contributed by atoms with E-state index in [1.807, 2.05) is 0 Å². The molecule has 0 amide bonds. The van der Waals surface area contributed by atoms with E-state index < -0.39 is 0 Å². The van der Waals surface area contributed by atoms with Crippen LogP contribution in [0.25, 0.3) is 0 Å². The highest BCUT2D eigenvalue weighted by molar-refractivity contribution is 5.66. The summed E-state index contributed by atoms with van der Waals surface area (Å²) in [6.07, 6.45) is 19.2. The molecule has 32 heavy (non-hydrogen) atoms. The van der Waals surface area contributed by atoms with Crippen molar-refractivity contribution in [3.8, 4) is 0 Å². The fourth-order valence-electron chi connectivity index (χ4n) is 7.28. The van der Waals surface area contributed by atoms with Crippen molar-refractivity contribution in [3.05, 3.63) is 47.1 Å². The van der Waals surface area contributed by atoms with Gasteiger partial charge in [0.25, 0.3) is 0 Å². The second-order valence-electron chi connectivity index (χ2n) is 12.0. The van der Waals surface area contributed by atoms with Crippen molar-refractivity contribution < 1.29 is 9.53 Å². The Kier molecular flexibility index (Phi) is 6.38. The number of hydrogen-bond acceptors (Lipinski definition) is 2. The van der Waals surface area contributed by atoms with E-state index in [-0.39, 0.29) is 17.5 Å². The standard InChI is InChI=1S/C30H44O2/c1-19(2)20(3)8-9-21(4)26-12-13-27-25-11-10-23-18-24(32-22(5)31)14-16-29(23,6)28(25)15-17-30(26,27)7/h8-11,15,19-21,24,26-27H,12-14,16-18H2,1-7H3. The molecule has 176 valence electrons.